The van der Waals surface area contributed by atoms with Gasteiger partial charge in [-0.3, -0.25) is 0 Å². The number of aromatic nitrogens is 2. The van der Waals surface area contributed by atoms with Gasteiger partial charge in [0.2, 0.25) is 0 Å². The van der Waals surface area contributed by atoms with Crippen LogP contribution in [0.1, 0.15) is 27.7 Å². The van der Waals surface area contributed by atoms with Crippen LogP contribution in [-0.4, -0.2) is 35.0 Å². The summed E-state index contributed by atoms with van der Waals surface area (Å²) in [5.74, 6) is 0. The third-order valence-corrected chi connectivity index (χ3v) is 5.67. The molecule has 1 aromatic carbocycles. The summed E-state index contributed by atoms with van der Waals surface area (Å²) in [6.07, 6.45) is 1.81. The molecule has 6 heteroatoms. The first-order chi connectivity index (χ1) is 12.8. The Labute approximate surface area is 160 Å². The summed E-state index contributed by atoms with van der Waals surface area (Å²) >= 11 is 0. The molecule has 0 spiro atoms. The zero-order valence-corrected chi connectivity index (χ0v) is 16.5. The summed E-state index contributed by atoms with van der Waals surface area (Å²) in [7, 11) is 1.26. The molecule has 140 valence electrons. The van der Waals surface area contributed by atoms with Crippen LogP contribution in [0.25, 0.3) is 22.3 Å². The topological polar surface area (TPSA) is 45.5 Å². The lowest BCUT2D eigenvalue weighted by atomic mass is 9.78. The Kier molecular flexibility index (Phi) is 4.37. The number of hydrogen-bond acceptors (Lipinski definition) is 4. The van der Waals surface area contributed by atoms with Crippen LogP contribution in [0.15, 0.2) is 48.7 Å². The molecule has 3 heterocycles. The van der Waals surface area contributed by atoms with Crippen molar-refractivity contribution >= 4 is 23.6 Å². The van der Waals surface area contributed by atoms with E-state index in [1.54, 1.807) is 7.11 Å². The second-order valence-electron chi connectivity index (χ2n) is 7.97. The summed E-state index contributed by atoms with van der Waals surface area (Å²) in [5.41, 5.74) is 3.26. The Balaban J connectivity index is 1.87. The number of ether oxygens (including phenoxy) is 1. The summed E-state index contributed by atoms with van der Waals surface area (Å²) in [5, 5.41) is 1.02. The molecule has 0 radical (unpaired) electrons. The average Bonchev–Trinajstić information content (AvgIpc) is 3.10. The van der Waals surface area contributed by atoms with E-state index in [0.717, 1.165) is 27.8 Å². The van der Waals surface area contributed by atoms with Crippen molar-refractivity contribution in [2.75, 3.05) is 7.11 Å². The molecule has 2 aromatic heterocycles. The van der Waals surface area contributed by atoms with Gasteiger partial charge in [0, 0.05) is 18.7 Å². The van der Waals surface area contributed by atoms with Crippen molar-refractivity contribution in [1.29, 1.82) is 0 Å². The molecule has 5 nitrogen and oxygen atoms in total. The van der Waals surface area contributed by atoms with Gasteiger partial charge in [0.25, 0.3) is 0 Å². The lowest BCUT2D eigenvalue weighted by molar-refractivity contribution is 0.00578. The average molecular weight is 364 g/mol. The lowest BCUT2D eigenvalue weighted by Crippen LogP contribution is -2.41. The quantitative estimate of drug-likeness (QED) is 0.664. The molecule has 1 aliphatic rings. The molecule has 0 unspecified atom stereocenters. The molecule has 0 atom stereocenters. The maximum atomic E-state index is 6.28. The fraction of sp³-hybridized carbons (Fsp3) is 0.381. The first-order valence-electron chi connectivity index (χ1n) is 9.22. The van der Waals surface area contributed by atoms with Gasteiger partial charge in [-0.25, -0.2) is 4.98 Å². The van der Waals surface area contributed by atoms with E-state index in [2.05, 4.69) is 55.4 Å². The van der Waals surface area contributed by atoms with E-state index in [1.165, 1.54) is 0 Å². The Morgan fingerprint density at radius 1 is 1.04 bits per heavy atom. The van der Waals surface area contributed by atoms with Crippen LogP contribution >= 0.6 is 0 Å². The number of fused-ring (bicyclic) bond motifs is 1. The van der Waals surface area contributed by atoms with E-state index in [1.807, 2.05) is 30.5 Å². The molecule has 0 saturated carbocycles. The normalized spacial score (nSPS) is 18.3. The maximum absolute atomic E-state index is 6.28. The summed E-state index contributed by atoms with van der Waals surface area (Å²) in [6.45, 7) is 8.69. The predicted molar refractivity (Wildman–Crippen MR) is 108 cm³/mol. The first kappa shape index (κ1) is 18.2. The van der Waals surface area contributed by atoms with Crippen molar-refractivity contribution in [3.8, 4) is 11.3 Å². The third kappa shape index (κ3) is 2.98. The molecule has 4 rings (SSSR count). The molecule has 0 bridgehead atoms. The third-order valence-electron chi connectivity index (χ3n) is 5.67. The molecule has 0 aliphatic carbocycles. The molecule has 27 heavy (non-hydrogen) atoms. The zero-order valence-electron chi connectivity index (χ0n) is 16.5. The minimum absolute atomic E-state index is 0.384. The highest BCUT2D eigenvalue weighted by atomic mass is 16.7. The minimum atomic E-state index is -0.428. The molecule has 1 fully saturated rings. The molecular weight excluding hydrogens is 339 g/mol. The molecular formula is C21H25BN2O3. The Hall–Kier alpha value is -2.15. The van der Waals surface area contributed by atoms with Gasteiger partial charge in [0.05, 0.1) is 16.9 Å². The van der Waals surface area contributed by atoms with Gasteiger partial charge in [0.15, 0.2) is 0 Å². The first-order valence-corrected chi connectivity index (χ1v) is 9.22. The van der Waals surface area contributed by atoms with Crippen molar-refractivity contribution in [2.45, 2.75) is 45.6 Å². The van der Waals surface area contributed by atoms with E-state index in [-0.39, 0.29) is 11.2 Å². The van der Waals surface area contributed by atoms with Crippen LogP contribution < -0.4 is 5.46 Å². The van der Waals surface area contributed by atoms with Crippen molar-refractivity contribution < 1.29 is 14.0 Å². The van der Waals surface area contributed by atoms with Gasteiger partial charge >= 0.3 is 7.12 Å². The van der Waals surface area contributed by atoms with E-state index in [4.69, 9.17) is 14.0 Å². The molecule has 1 aliphatic heterocycles. The number of rotatable bonds is 4. The highest BCUT2D eigenvalue weighted by Gasteiger charge is 2.52. The van der Waals surface area contributed by atoms with Crippen LogP contribution in [0.3, 0.4) is 0 Å². The van der Waals surface area contributed by atoms with Gasteiger partial charge < -0.3 is 18.6 Å². The Bertz CT molecular complexity index is 950. The highest BCUT2D eigenvalue weighted by Crippen LogP contribution is 2.37. The van der Waals surface area contributed by atoms with Crippen molar-refractivity contribution in [3.05, 3.63) is 48.7 Å². The number of benzene rings is 1. The lowest BCUT2D eigenvalue weighted by Gasteiger charge is -2.32. The van der Waals surface area contributed by atoms with E-state index < -0.39 is 7.12 Å². The number of pyridine rings is 1. The molecule has 1 saturated heterocycles. The van der Waals surface area contributed by atoms with Crippen LogP contribution in [0.2, 0.25) is 0 Å². The van der Waals surface area contributed by atoms with Crippen LogP contribution in [0, 0.1) is 0 Å². The second kappa shape index (κ2) is 6.48. The van der Waals surface area contributed by atoms with Crippen LogP contribution in [0.5, 0.6) is 0 Å². The Morgan fingerprint density at radius 3 is 2.33 bits per heavy atom. The molecule has 0 N–H and O–H groups in total. The molecule has 0 amide bonds. The fourth-order valence-corrected chi connectivity index (χ4v) is 3.45. The largest absolute Gasteiger partial charge is 0.495 e. The SMILES string of the molecule is COCn1c(-c2ccccc2)cc2c(B3OC(C)(C)C(C)(C)O3)ccnc21. The fourth-order valence-electron chi connectivity index (χ4n) is 3.45. The summed E-state index contributed by atoms with van der Waals surface area (Å²) in [4.78, 5) is 4.62. The van der Waals surface area contributed by atoms with Crippen LogP contribution in [-0.2, 0) is 20.8 Å². The predicted octanol–water partition coefficient (Wildman–Crippen LogP) is 3.61. The van der Waals surface area contributed by atoms with Gasteiger partial charge in [-0.1, -0.05) is 30.3 Å². The van der Waals surface area contributed by atoms with Crippen molar-refractivity contribution in [2.24, 2.45) is 0 Å². The zero-order chi connectivity index (χ0) is 19.2. The Morgan fingerprint density at radius 2 is 1.70 bits per heavy atom. The standard InChI is InChI=1S/C21H25BN2O3/c1-20(2)21(3,4)27-22(26-20)17-11-12-23-19-16(17)13-18(24(19)14-25-5)15-9-7-6-8-10-15/h6-13H,14H2,1-5H3. The van der Waals surface area contributed by atoms with Crippen molar-refractivity contribution in [1.82, 2.24) is 9.55 Å². The van der Waals surface area contributed by atoms with E-state index in [9.17, 15) is 0 Å². The second-order valence-corrected chi connectivity index (χ2v) is 7.97. The van der Waals surface area contributed by atoms with Gasteiger partial charge in [-0.05, 0) is 50.9 Å². The van der Waals surface area contributed by atoms with E-state index in [0.29, 0.717) is 6.73 Å². The monoisotopic (exact) mass is 364 g/mol. The highest BCUT2D eigenvalue weighted by molar-refractivity contribution is 6.65. The van der Waals surface area contributed by atoms with Crippen molar-refractivity contribution in [3.63, 3.8) is 0 Å². The number of methoxy groups -OCH3 is 1. The minimum Gasteiger partial charge on any atom is -0.399 e. The summed E-state index contributed by atoms with van der Waals surface area (Å²) in [6, 6.07) is 14.4. The summed E-state index contributed by atoms with van der Waals surface area (Å²) < 4.78 is 20.1. The smallest absolute Gasteiger partial charge is 0.399 e. The number of nitrogens with zero attached hydrogens (tertiary/aromatic N) is 2. The van der Waals surface area contributed by atoms with Crippen LogP contribution in [0.4, 0.5) is 0 Å². The maximum Gasteiger partial charge on any atom is 0.495 e. The molecule has 3 aromatic rings. The van der Waals surface area contributed by atoms with E-state index >= 15 is 0 Å². The van der Waals surface area contributed by atoms with Gasteiger partial charge in [-0.2, -0.15) is 0 Å². The number of hydrogen-bond donors (Lipinski definition) is 0. The van der Waals surface area contributed by atoms with Gasteiger partial charge in [0.1, 0.15) is 12.4 Å². The van der Waals surface area contributed by atoms with Gasteiger partial charge in [-0.15, -0.1) is 0 Å².